The number of allylic oxidation sites excluding steroid dienone is 2. The van der Waals surface area contributed by atoms with Crippen LogP contribution in [0, 0.1) is 0 Å². The van der Waals surface area contributed by atoms with Crippen molar-refractivity contribution in [3.05, 3.63) is 24.3 Å². The molecule has 70 heavy (non-hydrogen) atoms. The number of esters is 2. The van der Waals surface area contributed by atoms with Gasteiger partial charge in [0.05, 0.1) is 38.6 Å². The first-order valence-electron chi connectivity index (χ1n) is 28.8. The van der Waals surface area contributed by atoms with E-state index in [1.54, 1.807) is 26.5 Å². The average molecular weight is 1030 g/mol. The van der Waals surface area contributed by atoms with Crippen molar-refractivity contribution in [2.45, 2.75) is 244 Å². The molecule has 2 N–H and O–H groups in total. The van der Waals surface area contributed by atoms with Crippen molar-refractivity contribution in [3.8, 4) is 0 Å². The summed E-state index contributed by atoms with van der Waals surface area (Å²) in [6.45, 7) is 11.4. The molecule has 1 unspecified atom stereocenters. The normalized spacial score (nSPS) is 14.3. The van der Waals surface area contributed by atoms with E-state index in [4.69, 9.17) is 18.9 Å². The molecule has 1 fully saturated rings. The SMILES string of the molecule is CCCCCCC(O)C/C=C\CCCCCCCC(=O)OCCCCN(CCCCOC(=O)CCCCCCC/C=C\C[C@@H](O)CCCCCC)C(=O)OCCSSCCOCCN1CCCCCC1. The number of hydrogen-bond donors (Lipinski definition) is 2. The Balaban J connectivity index is 2.26. The number of nitrogens with zero attached hydrogens (tertiary/aromatic N) is 2. The third kappa shape index (κ3) is 46.0. The second-order valence-corrected chi connectivity index (χ2v) is 22.2. The molecular formula is C57H106N2O9S2. The Hall–Kier alpha value is -1.77. The van der Waals surface area contributed by atoms with Gasteiger partial charge in [0.1, 0.15) is 6.61 Å². The van der Waals surface area contributed by atoms with Crippen LogP contribution in [-0.2, 0) is 28.5 Å². The molecule has 1 saturated heterocycles. The largest absolute Gasteiger partial charge is 0.466 e. The second kappa shape index (κ2) is 52.1. The minimum Gasteiger partial charge on any atom is -0.466 e. The predicted octanol–water partition coefficient (Wildman–Crippen LogP) is 14.4. The molecule has 2 atom stereocenters. The van der Waals surface area contributed by atoms with Crippen molar-refractivity contribution in [2.24, 2.45) is 0 Å². The van der Waals surface area contributed by atoms with Crippen molar-refractivity contribution >= 4 is 39.6 Å². The number of aliphatic hydroxyl groups excluding tert-OH is 2. The van der Waals surface area contributed by atoms with Gasteiger partial charge >= 0.3 is 18.0 Å². The highest BCUT2D eigenvalue weighted by Crippen LogP contribution is 2.21. The Bertz CT molecular complexity index is 1170. The van der Waals surface area contributed by atoms with Crippen molar-refractivity contribution in [2.75, 3.05) is 77.3 Å². The van der Waals surface area contributed by atoms with E-state index in [-0.39, 0.29) is 30.2 Å². The van der Waals surface area contributed by atoms with Crippen molar-refractivity contribution in [1.29, 1.82) is 0 Å². The summed E-state index contributed by atoms with van der Waals surface area (Å²) in [7, 11) is 3.44. The maximum atomic E-state index is 13.2. The van der Waals surface area contributed by atoms with Gasteiger partial charge in [-0.2, -0.15) is 0 Å². The molecule has 1 amide bonds. The van der Waals surface area contributed by atoms with Crippen LogP contribution in [-0.4, -0.2) is 128 Å². The molecule has 0 aromatic carbocycles. The van der Waals surface area contributed by atoms with E-state index in [0.29, 0.717) is 77.2 Å². The summed E-state index contributed by atoms with van der Waals surface area (Å²) in [5.74, 6) is 1.29. The van der Waals surface area contributed by atoms with Crippen molar-refractivity contribution in [3.63, 3.8) is 0 Å². The maximum absolute atomic E-state index is 13.2. The molecule has 0 aromatic heterocycles. The first kappa shape index (κ1) is 66.2. The Morgan fingerprint density at radius 3 is 1.50 bits per heavy atom. The lowest BCUT2D eigenvalue weighted by molar-refractivity contribution is -0.144. The first-order chi connectivity index (χ1) is 34.3. The van der Waals surface area contributed by atoms with Crippen LogP contribution in [0.15, 0.2) is 24.3 Å². The van der Waals surface area contributed by atoms with Crippen LogP contribution in [0.25, 0.3) is 0 Å². The summed E-state index contributed by atoms with van der Waals surface area (Å²) in [5.41, 5.74) is 0. The fraction of sp³-hybridized carbons (Fsp3) is 0.877. The zero-order chi connectivity index (χ0) is 50.6. The van der Waals surface area contributed by atoms with Crippen LogP contribution < -0.4 is 0 Å². The van der Waals surface area contributed by atoms with Crippen LogP contribution in [0.2, 0.25) is 0 Å². The molecule has 0 radical (unpaired) electrons. The summed E-state index contributed by atoms with van der Waals surface area (Å²) in [6, 6.07) is 0. The van der Waals surface area contributed by atoms with Crippen molar-refractivity contribution < 1.29 is 43.5 Å². The number of carbonyl (C=O) groups excluding carboxylic acids is 3. The number of hydrogen-bond acceptors (Lipinski definition) is 12. The fourth-order valence-electron chi connectivity index (χ4n) is 8.46. The highest BCUT2D eigenvalue weighted by atomic mass is 33.1. The van der Waals surface area contributed by atoms with Gasteiger partial charge in [-0.1, -0.05) is 162 Å². The number of likely N-dealkylation sites (tertiary alicyclic amines) is 1. The third-order valence-corrected chi connectivity index (χ3v) is 15.2. The van der Waals surface area contributed by atoms with Gasteiger partial charge in [0.2, 0.25) is 0 Å². The molecule has 0 saturated carbocycles. The highest BCUT2D eigenvalue weighted by molar-refractivity contribution is 8.76. The summed E-state index contributed by atoms with van der Waals surface area (Å²) in [6.07, 6.45) is 42.2. The molecule has 1 heterocycles. The summed E-state index contributed by atoms with van der Waals surface area (Å²) >= 11 is 0. The van der Waals surface area contributed by atoms with Gasteiger partial charge in [-0.25, -0.2) is 4.79 Å². The van der Waals surface area contributed by atoms with E-state index in [0.717, 1.165) is 141 Å². The minimum absolute atomic E-state index is 0.156. The summed E-state index contributed by atoms with van der Waals surface area (Å²) < 4.78 is 22.6. The molecule has 410 valence electrons. The van der Waals surface area contributed by atoms with E-state index in [9.17, 15) is 24.6 Å². The molecule has 1 rings (SSSR count). The number of unbranched alkanes of at least 4 members (excludes halogenated alkanes) is 18. The molecule has 0 spiro atoms. The van der Waals surface area contributed by atoms with Gasteiger partial charge in [0, 0.05) is 44.0 Å². The van der Waals surface area contributed by atoms with Crippen LogP contribution in [0.4, 0.5) is 4.79 Å². The fourth-order valence-corrected chi connectivity index (χ4v) is 10.1. The Morgan fingerprint density at radius 2 is 0.986 bits per heavy atom. The molecule has 1 aliphatic heterocycles. The zero-order valence-electron chi connectivity index (χ0n) is 45.0. The van der Waals surface area contributed by atoms with Gasteiger partial charge < -0.3 is 39.0 Å². The lowest BCUT2D eigenvalue weighted by Gasteiger charge is -2.22. The van der Waals surface area contributed by atoms with Crippen LogP contribution in [0.5, 0.6) is 0 Å². The van der Waals surface area contributed by atoms with Crippen molar-refractivity contribution in [1.82, 2.24) is 9.80 Å². The average Bonchev–Trinajstić information content (AvgIpc) is 3.64. The van der Waals surface area contributed by atoms with E-state index in [1.807, 2.05) is 0 Å². The van der Waals surface area contributed by atoms with Gasteiger partial charge in [0.25, 0.3) is 0 Å². The topological polar surface area (TPSA) is 135 Å². The van der Waals surface area contributed by atoms with E-state index < -0.39 is 0 Å². The molecule has 0 aliphatic carbocycles. The molecule has 0 bridgehead atoms. The molecular weight excluding hydrogens is 921 g/mol. The molecule has 11 nitrogen and oxygen atoms in total. The lowest BCUT2D eigenvalue weighted by Crippen LogP contribution is -2.34. The molecule has 13 heteroatoms. The van der Waals surface area contributed by atoms with Gasteiger partial charge in [0.15, 0.2) is 0 Å². The van der Waals surface area contributed by atoms with Gasteiger partial charge in [-0.3, -0.25) is 9.59 Å². The molecule has 0 aromatic rings. The summed E-state index contributed by atoms with van der Waals surface area (Å²) in [5, 5.41) is 20.2. The standard InChI is InChI=1S/C57H106N2O9S2/c1-3-5-7-23-35-53(60)37-25-17-13-9-11-15-19-27-39-55(62)66-46-33-31-43-59(57(64)68-50-52-70-69-51-49-65-48-45-58-41-29-21-22-30-42-58)44-32-34-47-67-56(63)40-28-20-16-12-10-14-18-26-38-54(61)36-24-8-6-4-2/h17-18,25-26,53-54,60-61H,3-16,19-24,27-52H2,1-2H3/b25-17-,26-18-/t53-,54?/m0/s1. The van der Waals surface area contributed by atoms with E-state index in [2.05, 4.69) is 43.1 Å². The van der Waals surface area contributed by atoms with E-state index >= 15 is 0 Å². The number of aliphatic hydroxyl groups is 2. The summed E-state index contributed by atoms with van der Waals surface area (Å²) in [4.78, 5) is 42.2. The van der Waals surface area contributed by atoms with Gasteiger partial charge in [-0.05, 0) is 116 Å². The monoisotopic (exact) mass is 1030 g/mol. The zero-order valence-corrected chi connectivity index (χ0v) is 46.6. The Kier molecular flexibility index (Phi) is 49.3. The minimum atomic E-state index is -0.331. The van der Waals surface area contributed by atoms with Crippen LogP contribution >= 0.6 is 21.6 Å². The number of rotatable bonds is 50. The third-order valence-electron chi connectivity index (χ3n) is 12.9. The Labute approximate surface area is 436 Å². The number of ether oxygens (including phenoxy) is 4. The lowest BCUT2D eigenvalue weighted by atomic mass is 10.1. The smallest absolute Gasteiger partial charge is 0.409 e. The number of carbonyl (C=O) groups is 3. The highest BCUT2D eigenvalue weighted by Gasteiger charge is 2.16. The number of amides is 1. The predicted molar refractivity (Wildman–Crippen MR) is 296 cm³/mol. The quantitative estimate of drug-likeness (QED) is 0.0197. The van der Waals surface area contributed by atoms with Crippen LogP contribution in [0.3, 0.4) is 0 Å². The Morgan fingerprint density at radius 1 is 0.514 bits per heavy atom. The molecule has 1 aliphatic rings. The van der Waals surface area contributed by atoms with Gasteiger partial charge in [-0.15, -0.1) is 0 Å². The van der Waals surface area contributed by atoms with E-state index in [1.165, 1.54) is 77.3 Å². The second-order valence-electron chi connectivity index (χ2n) is 19.5. The van der Waals surface area contributed by atoms with Crippen LogP contribution in [0.1, 0.15) is 232 Å². The first-order valence-corrected chi connectivity index (χ1v) is 31.3. The maximum Gasteiger partial charge on any atom is 0.409 e.